The van der Waals surface area contributed by atoms with Crippen molar-refractivity contribution in [2.24, 2.45) is 5.41 Å². The van der Waals surface area contributed by atoms with Gasteiger partial charge in [-0.1, -0.05) is 36.4 Å². The molecule has 1 saturated heterocycles. The molecule has 0 N–H and O–H groups in total. The Labute approximate surface area is 137 Å². The van der Waals surface area contributed by atoms with Gasteiger partial charge in [0.15, 0.2) is 11.2 Å². The number of Topliss-reactive ketones (excluding diaryl/α,β-unsaturated/α-hetero) is 1. The average Bonchev–Trinajstić information content (AvgIpc) is 2.55. The van der Waals surface area contributed by atoms with Gasteiger partial charge in [0.1, 0.15) is 0 Å². The Kier molecular flexibility index (Phi) is 5.05. The molecule has 3 atom stereocenters. The summed E-state index contributed by atoms with van der Waals surface area (Å²) in [5.41, 5.74) is 1.34. The second kappa shape index (κ2) is 6.67. The number of esters is 1. The predicted octanol–water partition coefficient (Wildman–Crippen LogP) is 3.02. The summed E-state index contributed by atoms with van der Waals surface area (Å²) in [4.78, 5) is 24.9. The number of hydrogen-bond acceptors (Lipinski definition) is 4. The van der Waals surface area contributed by atoms with E-state index in [1.165, 1.54) is 12.7 Å². The quantitative estimate of drug-likeness (QED) is 0.487. The van der Waals surface area contributed by atoms with E-state index < -0.39 is 17.5 Å². The van der Waals surface area contributed by atoms with Gasteiger partial charge in [0.25, 0.3) is 0 Å². The molecular formula is C19H24O4. The molecule has 1 aliphatic heterocycles. The Balaban J connectivity index is 2.22. The number of aryl methyl sites for hydroxylation is 2. The van der Waals surface area contributed by atoms with Gasteiger partial charge in [-0.15, -0.1) is 0 Å². The van der Waals surface area contributed by atoms with Crippen molar-refractivity contribution in [1.29, 1.82) is 0 Å². The highest BCUT2D eigenvalue weighted by Gasteiger charge is 2.54. The van der Waals surface area contributed by atoms with Gasteiger partial charge in [0.05, 0.1) is 19.3 Å². The van der Waals surface area contributed by atoms with Gasteiger partial charge in [0, 0.05) is 5.57 Å². The second-order valence-electron chi connectivity index (χ2n) is 6.34. The molecule has 0 aromatic heterocycles. The molecule has 0 aliphatic carbocycles. The Morgan fingerprint density at radius 1 is 1.35 bits per heavy atom. The molecular weight excluding hydrogens is 292 g/mol. The van der Waals surface area contributed by atoms with Gasteiger partial charge in [-0.2, -0.15) is 0 Å². The summed E-state index contributed by atoms with van der Waals surface area (Å²) in [6.45, 7) is 9.19. The number of ether oxygens (including phenoxy) is 2. The fourth-order valence-corrected chi connectivity index (χ4v) is 2.97. The van der Waals surface area contributed by atoms with Crippen LogP contribution in [0.5, 0.6) is 0 Å². The number of ketones is 1. The van der Waals surface area contributed by atoms with Crippen molar-refractivity contribution < 1.29 is 19.1 Å². The minimum atomic E-state index is -1.33. The van der Waals surface area contributed by atoms with Gasteiger partial charge in [-0.25, -0.2) is 0 Å². The SMILES string of the molecule is C=C1C(=O)C(C)(C(=O)OC)C(CCc2ccc(C)cc2)OC1C. The van der Waals surface area contributed by atoms with Gasteiger partial charge < -0.3 is 9.47 Å². The fourth-order valence-electron chi connectivity index (χ4n) is 2.97. The number of carbonyl (C=O) groups is 2. The molecule has 3 unspecified atom stereocenters. The van der Waals surface area contributed by atoms with Crippen molar-refractivity contribution in [2.45, 2.75) is 45.8 Å². The van der Waals surface area contributed by atoms with E-state index in [2.05, 4.69) is 18.7 Å². The highest BCUT2D eigenvalue weighted by Crippen LogP contribution is 2.39. The number of rotatable bonds is 4. The lowest BCUT2D eigenvalue weighted by Crippen LogP contribution is -2.55. The van der Waals surface area contributed by atoms with Crippen LogP contribution < -0.4 is 0 Å². The molecule has 0 bridgehead atoms. The summed E-state index contributed by atoms with van der Waals surface area (Å²) in [5, 5.41) is 0. The van der Waals surface area contributed by atoms with Crippen molar-refractivity contribution in [3.63, 3.8) is 0 Å². The predicted molar refractivity (Wildman–Crippen MR) is 88.1 cm³/mol. The van der Waals surface area contributed by atoms with Crippen LogP contribution >= 0.6 is 0 Å². The van der Waals surface area contributed by atoms with Crippen LogP contribution in [0, 0.1) is 12.3 Å². The molecule has 0 spiro atoms. The molecule has 4 heteroatoms. The maximum atomic E-state index is 12.6. The normalized spacial score (nSPS) is 27.8. The topological polar surface area (TPSA) is 52.6 Å². The van der Waals surface area contributed by atoms with E-state index >= 15 is 0 Å². The van der Waals surface area contributed by atoms with Crippen LogP contribution in [0.15, 0.2) is 36.4 Å². The van der Waals surface area contributed by atoms with Crippen LogP contribution in [0.2, 0.25) is 0 Å². The van der Waals surface area contributed by atoms with Crippen LogP contribution in [0.3, 0.4) is 0 Å². The zero-order valence-electron chi connectivity index (χ0n) is 14.2. The van der Waals surface area contributed by atoms with Gasteiger partial charge >= 0.3 is 5.97 Å². The number of hydrogen-bond donors (Lipinski definition) is 0. The third-order valence-corrected chi connectivity index (χ3v) is 4.69. The molecule has 0 radical (unpaired) electrons. The highest BCUT2D eigenvalue weighted by molar-refractivity contribution is 6.13. The lowest BCUT2D eigenvalue weighted by Gasteiger charge is -2.41. The van der Waals surface area contributed by atoms with Crippen molar-refractivity contribution in [3.8, 4) is 0 Å². The molecule has 1 aromatic rings. The Morgan fingerprint density at radius 3 is 2.52 bits per heavy atom. The zero-order valence-corrected chi connectivity index (χ0v) is 14.2. The zero-order chi connectivity index (χ0) is 17.2. The summed E-state index contributed by atoms with van der Waals surface area (Å²) in [6.07, 6.45) is 0.384. The first kappa shape index (κ1) is 17.4. The molecule has 1 heterocycles. The second-order valence-corrected chi connectivity index (χ2v) is 6.34. The summed E-state index contributed by atoms with van der Waals surface area (Å²) in [7, 11) is 1.29. The maximum Gasteiger partial charge on any atom is 0.322 e. The first-order valence-electron chi connectivity index (χ1n) is 7.83. The average molecular weight is 316 g/mol. The van der Waals surface area contributed by atoms with Crippen LogP contribution in [0.4, 0.5) is 0 Å². The Hall–Kier alpha value is -1.94. The van der Waals surface area contributed by atoms with Crippen LogP contribution in [-0.2, 0) is 25.5 Å². The van der Waals surface area contributed by atoms with Crippen molar-refractivity contribution in [2.75, 3.05) is 7.11 Å². The Bertz CT molecular complexity index is 617. The molecule has 124 valence electrons. The molecule has 4 nitrogen and oxygen atoms in total. The van der Waals surface area contributed by atoms with E-state index in [0.29, 0.717) is 12.0 Å². The van der Waals surface area contributed by atoms with E-state index in [9.17, 15) is 9.59 Å². The number of carbonyl (C=O) groups excluding carboxylic acids is 2. The lowest BCUT2D eigenvalue weighted by molar-refractivity contribution is -0.175. The van der Waals surface area contributed by atoms with Gasteiger partial charge in [0.2, 0.25) is 0 Å². The summed E-state index contributed by atoms with van der Waals surface area (Å²) >= 11 is 0. The van der Waals surface area contributed by atoms with Gasteiger partial charge in [-0.05, 0) is 39.2 Å². The molecule has 1 aliphatic rings. The summed E-state index contributed by atoms with van der Waals surface area (Å²) in [6, 6.07) is 8.20. The van der Waals surface area contributed by atoms with Crippen LogP contribution in [0.25, 0.3) is 0 Å². The molecule has 1 aromatic carbocycles. The number of methoxy groups -OCH3 is 1. The Morgan fingerprint density at radius 2 is 1.96 bits per heavy atom. The summed E-state index contributed by atoms with van der Waals surface area (Å²) < 4.78 is 10.8. The van der Waals surface area contributed by atoms with Crippen LogP contribution in [0.1, 0.15) is 31.4 Å². The molecule has 2 rings (SSSR count). The maximum absolute atomic E-state index is 12.6. The molecule has 23 heavy (non-hydrogen) atoms. The molecule has 0 amide bonds. The van der Waals surface area contributed by atoms with Crippen molar-refractivity contribution in [3.05, 3.63) is 47.5 Å². The van der Waals surface area contributed by atoms with Crippen LogP contribution in [-0.4, -0.2) is 31.1 Å². The lowest BCUT2D eigenvalue weighted by atomic mass is 9.72. The standard InChI is InChI=1S/C19H24O4/c1-12-6-8-15(9-7-12)10-11-16-19(4,18(21)22-5)17(20)13(2)14(3)23-16/h6-9,14,16H,2,10-11H2,1,3-5H3. The summed E-state index contributed by atoms with van der Waals surface area (Å²) in [5.74, 6) is -0.846. The fraction of sp³-hybridized carbons (Fsp3) is 0.474. The van der Waals surface area contributed by atoms with E-state index in [0.717, 1.165) is 12.0 Å². The van der Waals surface area contributed by atoms with E-state index in [1.807, 2.05) is 19.1 Å². The first-order valence-corrected chi connectivity index (χ1v) is 7.83. The minimum absolute atomic E-state index is 0.281. The highest BCUT2D eigenvalue weighted by atomic mass is 16.5. The van der Waals surface area contributed by atoms with E-state index in [1.54, 1.807) is 13.8 Å². The van der Waals surface area contributed by atoms with E-state index in [-0.39, 0.29) is 11.9 Å². The smallest absolute Gasteiger partial charge is 0.322 e. The van der Waals surface area contributed by atoms with E-state index in [4.69, 9.17) is 9.47 Å². The van der Waals surface area contributed by atoms with Crippen molar-refractivity contribution in [1.82, 2.24) is 0 Å². The van der Waals surface area contributed by atoms with Gasteiger partial charge in [-0.3, -0.25) is 9.59 Å². The monoisotopic (exact) mass is 316 g/mol. The first-order chi connectivity index (χ1) is 10.8. The van der Waals surface area contributed by atoms with Crippen molar-refractivity contribution >= 4 is 11.8 Å². The number of benzene rings is 1. The largest absolute Gasteiger partial charge is 0.468 e. The third kappa shape index (κ3) is 3.22. The molecule has 1 fully saturated rings. The molecule has 0 saturated carbocycles. The third-order valence-electron chi connectivity index (χ3n) is 4.69. The minimum Gasteiger partial charge on any atom is -0.468 e.